The molecule has 1 fully saturated rings. The van der Waals surface area contributed by atoms with Crippen LogP contribution in [-0.4, -0.2) is 31.8 Å². The lowest BCUT2D eigenvalue weighted by Crippen LogP contribution is -2.30. The summed E-state index contributed by atoms with van der Waals surface area (Å²) < 4.78 is 11.4. The molecular weight excluding hydrogens is 302 g/mol. The van der Waals surface area contributed by atoms with Crippen molar-refractivity contribution in [3.8, 4) is 5.75 Å². The number of ether oxygens (including phenoxy) is 2. The van der Waals surface area contributed by atoms with Gasteiger partial charge in [0.15, 0.2) is 6.61 Å². The first kappa shape index (κ1) is 18.8. The van der Waals surface area contributed by atoms with Gasteiger partial charge in [0.1, 0.15) is 5.75 Å². The summed E-state index contributed by atoms with van der Waals surface area (Å²) in [6.07, 6.45) is 7.59. The molecule has 2 rings (SSSR count). The highest BCUT2D eigenvalue weighted by Crippen LogP contribution is 2.20. The lowest BCUT2D eigenvalue weighted by atomic mass is 9.98. The van der Waals surface area contributed by atoms with Crippen LogP contribution in [-0.2, 0) is 9.53 Å². The van der Waals surface area contributed by atoms with E-state index in [2.05, 4.69) is 19.2 Å². The van der Waals surface area contributed by atoms with Crippen molar-refractivity contribution in [2.24, 2.45) is 0 Å². The maximum atomic E-state index is 11.8. The molecule has 0 saturated heterocycles. The van der Waals surface area contributed by atoms with E-state index in [1.54, 1.807) is 0 Å². The summed E-state index contributed by atoms with van der Waals surface area (Å²) in [6.45, 7) is 5.73. The molecule has 0 atom stereocenters. The molecular formula is C20H31NO3. The van der Waals surface area contributed by atoms with Crippen molar-refractivity contribution in [3.63, 3.8) is 0 Å². The van der Waals surface area contributed by atoms with Gasteiger partial charge in [-0.05, 0) is 42.9 Å². The number of nitrogens with one attached hydrogen (secondary N) is 1. The molecule has 134 valence electrons. The minimum atomic E-state index is -0.0828. The summed E-state index contributed by atoms with van der Waals surface area (Å²) in [5.74, 6) is 1.15. The third-order valence-electron chi connectivity index (χ3n) is 4.47. The molecule has 1 N–H and O–H groups in total. The molecule has 0 spiro atoms. The topological polar surface area (TPSA) is 47.6 Å². The second kappa shape index (κ2) is 10.3. The Kier molecular flexibility index (Phi) is 8.10. The van der Waals surface area contributed by atoms with Gasteiger partial charge in [0.2, 0.25) is 0 Å². The zero-order valence-electron chi connectivity index (χ0n) is 15.1. The summed E-state index contributed by atoms with van der Waals surface area (Å²) in [7, 11) is 0. The van der Waals surface area contributed by atoms with Crippen LogP contribution in [0.3, 0.4) is 0 Å². The Hall–Kier alpha value is -1.55. The van der Waals surface area contributed by atoms with Crippen molar-refractivity contribution in [1.82, 2.24) is 5.32 Å². The van der Waals surface area contributed by atoms with Gasteiger partial charge in [-0.3, -0.25) is 4.79 Å². The molecule has 4 heteroatoms. The summed E-state index contributed by atoms with van der Waals surface area (Å²) in [4.78, 5) is 11.8. The van der Waals surface area contributed by atoms with Gasteiger partial charge in [0.05, 0.1) is 6.10 Å². The Morgan fingerprint density at radius 2 is 1.88 bits per heavy atom. The molecule has 1 aliphatic rings. The van der Waals surface area contributed by atoms with Crippen LogP contribution in [0, 0.1) is 0 Å². The van der Waals surface area contributed by atoms with Gasteiger partial charge < -0.3 is 14.8 Å². The second-order valence-electron chi connectivity index (χ2n) is 6.85. The largest absolute Gasteiger partial charge is 0.484 e. The predicted molar refractivity (Wildman–Crippen MR) is 96.5 cm³/mol. The van der Waals surface area contributed by atoms with Crippen molar-refractivity contribution in [2.45, 2.75) is 64.4 Å². The lowest BCUT2D eigenvalue weighted by molar-refractivity contribution is -0.123. The fourth-order valence-electron chi connectivity index (χ4n) is 2.93. The molecule has 1 aromatic carbocycles. The monoisotopic (exact) mass is 333 g/mol. The highest BCUT2D eigenvalue weighted by Gasteiger charge is 2.13. The first-order valence-electron chi connectivity index (χ1n) is 9.26. The van der Waals surface area contributed by atoms with Gasteiger partial charge in [-0.1, -0.05) is 45.2 Å². The van der Waals surface area contributed by atoms with Crippen LogP contribution < -0.4 is 10.1 Å². The Balaban J connectivity index is 1.53. The number of benzene rings is 1. The first-order chi connectivity index (χ1) is 11.6. The van der Waals surface area contributed by atoms with Crippen LogP contribution in [0.5, 0.6) is 5.75 Å². The first-order valence-corrected chi connectivity index (χ1v) is 9.26. The third kappa shape index (κ3) is 6.91. The highest BCUT2D eigenvalue weighted by molar-refractivity contribution is 5.77. The standard InChI is InChI=1S/C20H31NO3/c1-16(2)17-9-11-19(12-10-17)24-15-20(22)21-13-6-14-23-18-7-4-3-5-8-18/h9-12,16,18H,3-8,13-15H2,1-2H3,(H,21,22). The normalized spacial score (nSPS) is 15.5. The second-order valence-corrected chi connectivity index (χ2v) is 6.85. The Morgan fingerprint density at radius 1 is 1.17 bits per heavy atom. The smallest absolute Gasteiger partial charge is 0.257 e. The summed E-state index contributed by atoms with van der Waals surface area (Å²) >= 11 is 0. The molecule has 0 aromatic heterocycles. The number of amides is 1. The van der Waals surface area contributed by atoms with Crippen LogP contribution in [0.1, 0.15) is 63.9 Å². The van der Waals surface area contributed by atoms with Crippen LogP contribution >= 0.6 is 0 Å². The van der Waals surface area contributed by atoms with Gasteiger partial charge in [-0.15, -0.1) is 0 Å². The van der Waals surface area contributed by atoms with E-state index in [4.69, 9.17) is 9.47 Å². The van der Waals surface area contributed by atoms with Crippen molar-refractivity contribution in [3.05, 3.63) is 29.8 Å². The van der Waals surface area contributed by atoms with E-state index < -0.39 is 0 Å². The Labute approximate surface area is 145 Å². The summed E-state index contributed by atoms with van der Waals surface area (Å²) in [5, 5.41) is 2.88. The molecule has 0 radical (unpaired) electrons. The minimum absolute atomic E-state index is 0.0600. The van der Waals surface area contributed by atoms with Crippen molar-refractivity contribution >= 4 is 5.91 Å². The molecule has 0 aliphatic heterocycles. The molecule has 1 aromatic rings. The SMILES string of the molecule is CC(C)c1ccc(OCC(=O)NCCCOC2CCCCC2)cc1. The average molecular weight is 333 g/mol. The zero-order chi connectivity index (χ0) is 17.2. The number of carbonyl (C=O) groups is 1. The van der Waals surface area contributed by atoms with Gasteiger partial charge in [-0.25, -0.2) is 0 Å². The summed E-state index contributed by atoms with van der Waals surface area (Å²) in [5.41, 5.74) is 1.27. The minimum Gasteiger partial charge on any atom is -0.484 e. The van der Waals surface area contributed by atoms with Gasteiger partial charge in [-0.2, -0.15) is 0 Å². The number of carbonyl (C=O) groups excluding carboxylic acids is 1. The van der Waals surface area contributed by atoms with Crippen molar-refractivity contribution in [2.75, 3.05) is 19.8 Å². The zero-order valence-corrected chi connectivity index (χ0v) is 15.1. The molecule has 24 heavy (non-hydrogen) atoms. The highest BCUT2D eigenvalue weighted by atomic mass is 16.5. The maximum absolute atomic E-state index is 11.8. The fourth-order valence-corrected chi connectivity index (χ4v) is 2.93. The number of hydrogen-bond acceptors (Lipinski definition) is 3. The van der Waals surface area contributed by atoms with Crippen molar-refractivity contribution in [1.29, 1.82) is 0 Å². The maximum Gasteiger partial charge on any atom is 0.257 e. The molecule has 0 unspecified atom stereocenters. The Bertz CT molecular complexity index is 478. The van der Waals surface area contributed by atoms with Gasteiger partial charge in [0, 0.05) is 13.2 Å². The number of rotatable bonds is 9. The molecule has 4 nitrogen and oxygen atoms in total. The van der Waals surface area contributed by atoms with E-state index in [0.717, 1.165) is 18.8 Å². The predicted octanol–water partition coefficient (Wildman–Crippen LogP) is 4.04. The van der Waals surface area contributed by atoms with E-state index >= 15 is 0 Å². The van der Waals surface area contributed by atoms with Crippen LogP contribution in [0.4, 0.5) is 0 Å². The van der Waals surface area contributed by atoms with E-state index in [1.807, 2.05) is 24.3 Å². The van der Waals surface area contributed by atoms with Crippen LogP contribution in [0.2, 0.25) is 0 Å². The van der Waals surface area contributed by atoms with Crippen LogP contribution in [0.15, 0.2) is 24.3 Å². The molecule has 0 bridgehead atoms. The number of hydrogen-bond donors (Lipinski definition) is 1. The van der Waals surface area contributed by atoms with E-state index in [0.29, 0.717) is 18.6 Å². The molecule has 1 amide bonds. The Morgan fingerprint density at radius 3 is 2.54 bits per heavy atom. The van der Waals surface area contributed by atoms with Gasteiger partial charge in [0.25, 0.3) is 5.91 Å². The molecule has 1 saturated carbocycles. The lowest BCUT2D eigenvalue weighted by Gasteiger charge is -2.21. The van der Waals surface area contributed by atoms with E-state index in [1.165, 1.54) is 37.7 Å². The van der Waals surface area contributed by atoms with E-state index in [-0.39, 0.29) is 12.5 Å². The van der Waals surface area contributed by atoms with Crippen LogP contribution in [0.25, 0.3) is 0 Å². The average Bonchev–Trinajstić information content (AvgIpc) is 2.61. The summed E-state index contributed by atoms with van der Waals surface area (Å²) in [6, 6.07) is 7.92. The molecule has 0 heterocycles. The van der Waals surface area contributed by atoms with Crippen molar-refractivity contribution < 1.29 is 14.3 Å². The fraction of sp³-hybridized carbons (Fsp3) is 0.650. The van der Waals surface area contributed by atoms with E-state index in [9.17, 15) is 4.79 Å². The quantitative estimate of drug-likeness (QED) is 0.694. The third-order valence-corrected chi connectivity index (χ3v) is 4.47. The molecule has 1 aliphatic carbocycles. The van der Waals surface area contributed by atoms with Gasteiger partial charge >= 0.3 is 0 Å².